The number of hydrogen-bond acceptors (Lipinski definition) is 5. The van der Waals surface area contributed by atoms with Crippen molar-refractivity contribution in [2.75, 3.05) is 18.6 Å². The van der Waals surface area contributed by atoms with E-state index >= 15 is 0 Å². The van der Waals surface area contributed by atoms with Crippen LogP contribution in [0.5, 0.6) is 0 Å². The molecule has 0 N–H and O–H groups in total. The minimum atomic E-state index is -3.10. The van der Waals surface area contributed by atoms with E-state index in [1.54, 1.807) is 10.4 Å². The average molecular weight is 318 g/mol. The van der Waals surface area contributed by atoms with Crippen LogP contribution in [0.15, 0.2) is 5.51 Å². The first-order valence-corrected chi connectivity index (χ1v) is 9.42. The zero-order valence-electron chi connectivity index (χ0n) is 12.6. The Morgan fingerprint density at radius 1 is 1.40 bits per heavy atom. The first-order chi connectivity index (χ1) is 9.06. The quantitative estimate of drug-likeness (QED) is 0.832. The van der Waals surface area contributed by atoms with E-state index in [0.717, 1.165) is 5.69 Å². The Morgan fingerprint density at radius 3 is 2.45 bits per heavy atom. The van der Waals surface area contributed by atoms with E-state index < -0.39 is 15.4 Å². The van der Waals surface area contributed by atoms with E-state index in [-0.39, 0.29) is 18.2 Å². The Bertz CT molecular complexity index is 571. The third-order valence-corrected chi connectivity index (χ3v) is 4.69. The Kier molecular flexibility index (Phi) is 5.32. The summed E-state index contributed by atoms with van der Waals surface area (Å²) in [4.78, 5) is 19.1. The first kappa shape index (κ1) is 17.1. The van der Waals surface area contributed by atoms with Crippen LogP contribution in [-0.2, 0) is 16.3 Å². The van der Waals surface area contributed by atoms with Crippen LogP contribution in [0.2, 0.25) is 0 Å². The minimum absolute atomic E-state index is 0.0315. The number of aryl methyl sites for hydroxylation is 1. The van der Waals surface area contributed by atoms with Crippen LogP contribution in [0.4, 0.5) is 0 Å². The summed E-state index contributed by atoms with van der Waals surface area (Å²) in [5, 5.41) is 0. The van der Waals surface area contributed by atoms with Crippen LogP contribution < -0.4 is 0 Å². The zero-order chi connectivity index (χ0) is 15.6. The zero-order valence-corrected chi connectivity index (χ0v) is 14.3. The molecule has 20 heavy (non-hydrogen) atoms. The Labute approximate surface area is 124 Å². The maximum atomic E-state index is 12.7. The number of sulfone groups is 1. The predicted molar refractivity (Wildman–Crippen MR) is 82.0 cm³/mol. The topological polar surface area (TPSA) is 67.3 Å². The van der Waals surface area contributed by atoms with Crippen molar-refractivity contribution in [3.63, 3.8) is 0 Å². The van der Waals surface area contributed by atoms with E-state index in [1.807, 2.05) is 27.7 Å². The molecule has 0 fully saturated rings. The highest BCUT2D eigenvalue weighted by Crippen LogP contribution is 2.22. The molecule has 0 radical (unpaired) electrons. The number of rotatable bonds is 5. The molecule has 0 saturated carbocycles. The lowest BCUT2D eigenvalue weighted by Crippen LogP contribution is -2.47. The van der Waals surface area contributed by atoms with E-state index in [0.29, 0.717) is 11.3 Å². The van der Waals surface area contributed by atoms with Gasteiger partial charge in [-0.3, -0.25) is 4.79 Å². The molecule has 114 valence electrons. The number of thiazole rings is 1. The Balaban J connectivity index is 3.03. The molecule has 0 atom stereocenters. The summed E-state index contributed by atoms with van der Waals surface area (Å²) in [5.41, 5.74) is 1.99. The first-order valence-electron chi connectivity index (χ1n) is 6.48. The summed E-state index contributed by atoms with van der Waals surface area (Å²) in [6, 6.07) is 0. The molecule has 0 bridgehead atoms. The van der Waals surface area contributed by atoms with Gasteiger partial charge in [0.15, 0.2) is 0 Å². The molecule has 0 aliphatic rings. The smallest absolute Gasteiger partial charge is 0.266 e. The van der Waals surface area contributed by atoms with Gasteiger partial charge in [-0.1, -0.05) is 6.92 Å². The molecule has 0 unspecified atom stereocenters. The molecule has 1 amide bonds. The van der Waals surface area contributed by atoms with Gasteiger partial charge >= 0.3 is 0 Å². The number of amides is 1. The summed E-state index contributed by atoms with van der Waals surface area (Å²) in [5.74, 6) is -0.170. The molecule has 1 rings (SSSR count). The number of hydrogen-bond donors (Lipinski definition) is 0. The lowest BCUT2D eigenvalue weighted by atomic mass is 10.1. The number of carbonyl (C=O) groups excluding carboxylic acids is 1. The monoisotopic (exact) mass is 318 g/mol. The van der Waals surface area contributed by atoms with E-state index in [9.17, 15) is 13.2 Å². The lowest BCUT2D eigenvalue weighted by molar-refractivity contribution is 0.0605. The highest BCUT2D eigenvalue weighted by atomic mass is 32.2. The van der Waals surface area contributed by atoms with Crippen molar-refractivity contribution >= 4 is 27.1 Å². The maximum Gasteiger partial charge on any atom is 0.266 e. The van der Waals surface area contributed by atoms with Gasteiger partial charge in [0.25, 0.3) is 5.91 Å². The van der Waals surface area contributed by atoms with E-state index in [4.69, 9.17) is 0 Å². The normalized spacial score (nSPS) is 12.4. The van der Waals surface area contributed by atoms with Crippen LogP contribution in [0.1, 0.15) is 43.1 Å². The predicted octanol–water partition coefficient (Wildman–Crippen LogP) is 1.99. The standard InChI is InChI=1S/C13H22N2O3S2/c1-6-10-11(19-9-14-10)12(16)15(13(2,3)4)7-8-20(5,17)18/h9H,6-8H2,1-5H3. The molecule has 1 aromatic rings. The molecule has 0 aliphatic heterocycles. The SMILES string of the molecule is CCc1ncsc1C(=O)N(CCS(C)(=O)=O)C(C)(C)C. The van der Waals surface area contributed by atoms with Gasteiger partial charge in [0, 0.05) is 18.3 Å². The fourth-order valence-electron chi connectivity index (χ4n) is 1.82. The van der Waals surface area contributed by atoms with Crippen LogP contribution >= 0.6 is 11.3 Å². The lowest BCUT2D eigenvalue weighted by Gasteiger charge is -2.35. The molecule has 0 saturated heterocycles. The van der Waals surface area contributed by atoms with Crippen LogP contribution in [0, 0.1) is 0 Å². The van der Waals surface area contributed by atoms with Gasteiger partial charge in [-0.15, -0.1) is 11.3 Å². The second-order valence-electron chi connectivity index (χ2n) is 5.74. The van der Waals surface area contributed by atoms with Crippen molar-refractivity contribution < 1.29 is 13.2 Å². The minimum Gasteiger partial charge on any atom is -0.332 e. The van der Waals surface area contributed by atoms with Crippen LogP contribution in [0.3, 0.4) is 0 Å². The number of carbonyl (C=O) groups is 1. The second kappa shape index (κ2) is 6.22. The highest BCUT2D eigenvalue weighted by Gasteiger charge is 2.30. The summed E-state index contributed by atoms with van der Waals surface area (Å²) >= 11 is 1.31. The van der Waals surface area contributed by atoms with E-state index in [1.165, 1.54) is 17.6 Å². The van der Waals surface area contributed by atoms with Gasteiger partial charge in [0.1, 0.15) is 14.7 Å². The number of nitrogens with zero attached hydrogens (tertiary/aromatic N) is 2. The molecule has 1 aromatic heterocycles. The second-order valence-corrected chi connectivity index (χ2v) is 8.85. The van der Waals surface area contributed by atoms with Crippen molar-refractivity contribution in [3.05, 3.63) is 16.1 Å². The highest BCUT2D eigenvalue weighted by molar-refractivity contribution is 7.90. The summed E-state index contributed by atoms with van der Waals surface area (Å²) in [6.45, 7) is 7.85. The largest absolute Gasteiger partial charge is 0.332 e. The fraction of sp³-hybridized carbons (Fsp3) is 0.692. The van der Waals surface area contributed by atoms with Gasteiger partial charge in [-0.05, 0) is 27.2 Å². The fourth-order valence-corrected chi connectivity index (χ4v) is 3.16. The third kappa shape index (κ3) is 4.56. The van der Waals surface area contributed by atoms with Gasteiger partial charge in [-0.25, -0.2) is 13.4 Å². The molecular formula is C13H22N2O3S2. The summed E-state index contributed by atoms with van der Waals surface area (Å²) in [7, 11) is -3.10. The molecule has 1 heterocycles. The molecule has 0 aliphatic carbocycles. The maximum absolute atomic E-state index is 12.7. The van der Waals surface area contributed by atoms with Crippen LogP contribution in [-0.4, -0.2) is 48.3 Å². The van der Waals surface area contributed by atoms with Crippen molar-refractivity contribution in [2.45, 2.75) is 39.7 Å². The number of aromatic nitrogens is 1. The molecule has 0 aromatic carbocycles. The van der Waals surface area contributed by atoms with Crippen molar-refractivity contribution in [1.29, 1.82) is 0 Å². The van der Waals surface area contributed by atoms with Gasteiger partial charge in [0.05, 0.1) is 17.0 Å². The van der Waals surface area contributed by atoms with Gasteiger partial charge in [0.2, 0.25) is 0 Å². The third-order valence-electron chi connectivity index (χ3n) is 2.91. The van der Waals surface area contributed by atoms with Crippen molar-refractivity contribution in [1.82, 2.24) is 9.88 Å². The van der Waals surface area contributed by atoms with Crippen molar-refractivity contribution in [2.24, 2.45) is 0 Å². The van der Waals surface area contributed by atoms with Gasteiger partial charge in [-0.2, -0.15) is 0 Å². The van der Waals surface area contributed by atoms with Gasteiger partial charge < -0.3 is 4.90 Å². The molecule has 7 heteroatoms. The van der Waals surface area contributed by atoms with E-state index in [2.05, 4.69) is 4.98 Å². The summed E-state index contributed by atoms with van der Waals surface area (Å²) in [6.07, 6.45) is 1.87. The Morgan fingerprint density at radius 2 is 2.00 bits per heavy atom. The summed E-state index contributed by atoms with van der Waals surface area (Å²) < 4.78 is 22.7. The molecular weight excluding hydrogens is 296 g/mol. The Hall–Kier alpha value is -0.950. The van der Waals surface area contributed by atoms with Crippen molar-refractivity contribution in [3.8, 4) is 0 Å². The average Bonchev–Trinajstić information content (AvgIpc) is 2.73. The van der Waals surface area contributed by atoms with Crippen LogP contribution in [0.25, 0.3) is 0 Å². The molecule has 5 nitrogen and oxygen atoms in total. The molecule has 0 spiro atoms.